The summed E-state index contributed by atoms with van der Waals surface area (Å²) < 4.78 is 22.8. The Morgan fingerprint density at radius 2 is 1.23 bits per heavy atom. The van der Waals surface area contributed by atoms with Crippen molar-refractivity contribution in [3.05, 3.63) is 144 Å². The molecule has 222 valence electrons. The van der Waals surface area contributed by atoms with Crippen LogP contribution >= 0.6 is 0 Å². The van der Waals surface area contributed by atoms with Crippen LogP contribution in [0.4, 0.5) is 4.79 Å². The third-order valence-electron chi connectivity index (χ3n) is 6.30. The minimum absolute atomic E-state index is 0.0127. The average molecular weight is 582 g/mol. The summed E-state index contributed by atoms with van der Waals surface area (Å²) in [5, 5.41) is 13.8. The van der Waals surface area contributed by atoms with E-state index in [2.05, 4.69) is 11.9 Å². The second-order valence-electron chi connectivity index (χ2n) is 9.95. The molecule has 43 heavy (non-hydrogen) atoms. The molecule has 1 unspecified atom stereocenters. The molecule has 0 aliphatic carbocycles. The first-order chi connectivity index (χ1) is 20.9. The number of rotatable bonds is 14. The number of hydrogen-bond acceptors (Lipinski definition) is 7. The predicted molar refractivity (Wildman–Crippen MR) is 162 cm³/mol. The van der Waals surface area contributed by atoms with Crippen LogP contribution in [0.25, 0.3) is 0 Å². The highest BCUT2D eigenvalue weighted by Gasteiger charge is 2.32. The number of benzene rings is 4. The Morgan fingerprint density at radius 3 is 1.77 bits per heavy atom. The molecule has 0 bridgehead atoms. The number of carbonyl (C=O) groups is 2. The van der Waals surface area contributed by atoms with Crippen molar-refractivity contribution in [1.82, 2.24) is 5.32 Å². The van der Waals surface area contributed by atoms with E-state index in [0.717, 1.165) is 16.7 Å². The molecule has 0 aliphatic heterocycles. The van der Waals surface area contributed by atoms with Crippen molar-refractivity contribution < 1.29 is 33.6 Å². The number of amides is 1. The number of esters is 1. The summed E-state index contributed by atoms with van der Waals surface area (Å²) in [5.74, 6) is -0.0345. The summed E-state index contributed by atoms with van der Waals surface area (Å²) in [6, 6.07) is 31.8. The number of nitrogens with one attached hydrogen (secondary N) is 1. The fraction of sp³-hybridized carbons (Fsp3) is 0.200. The number of alkyl carbamates (subject to hydrolysis) is 1. The third kappa shape index (κ3) is 9.76. The zero-order chi connectivity index (χ0) is 30.4. The predicted octanol–water partition coefficient (Wildman–Crippen LogP) is 6.29. The normalized spacial score (nSPS) is 12.0. The average Bonchev–Trinajstić information content (AvgIpc) is 3.04. The van der Waals surface area contributed by atoms with Gasteiger partial charge in [0.1, 0.15) is 32.5 Å². The lowest BCUT2D eigenvalue weighted by Gasteiger charge is -2.24. The zero-order valence-electron chi connectivity index (χ0n) is 24.0. The fourth-order valence-corrected chi connectivity index (χ4v) is 4.05. The minimum atomic E-state index is -1.50. The Hall–Kier alpha value is -5.08. The van der Waals surface area contributed by atoms with Crippen LogP contribution in [-0.4, -0.2) is 29.8 Å². The van der Waals surface area contributed by atoms with Gasteiger partial charge in [-0.3, -0.25) is 0 Å². The molecule has 0 saturated carbocycles. The van der Waals surface area contributed by atoms with E-state index in [1.165, 1.54) is 0 Å². The van der Waals surface area contributed by atoms with E-state index in [4.69, 9.17) is 18.9 Å². The van der Waals surface area contributed by atoms with E-state index >= 15 is 0 Å². The van der Waals surface area contributed by atoms with E-state index in [9.17, 15) is 14.7 Å². The number of ether oxygens (including phenoxy) is 4. The molecular formula is C35H35NO7. The van der Waals surface area contributed by atoms with Gasteiger partial charge in [0.25, 0.3) is 0 Å². The smallest absolute Gasteiger partial charge is 0.408 e. The van der Waals surface area contributed by atoms with Crippen molar-refractivity contribution in [3.63, 3.8) is 0 Å². The number of hydrogen-bond donors (Lipinski definition) is 2. The molecule has 0 aliphatic rings. The lowest BCUT2D eigenvalue weighted by atomic mass is 10.0. The van der Waals surface area contributed by atoms with Crippen molar-refractivity contribution in [2.45, 2.75) is 38.9 Å². The maximum absolute atomic E-state index is 13.0. The maximum Gasteiger partial charge on any atom is 0.408 e. The van der Waals surface area contributed by atoms with Crippen molar-refractivity contribution in [1.29, 1.82) is 0 Å². The summed E-state index contributed by atoms with van der Waals surface area (Å²) in [4.78, 5) is 25.7. The van der Waals surface area contributed by atoms with Crippen LogP contribution in [0.15, 0.2) is 121 Å². The molecule has 0 spiro atoms. The minimum Gasteiger partial charge on any atom is -0.485 e. The SMILES string of the molecule is C=C(C)COC(=O)[C@@H](NC(=O)OCc1ccccc1)C(O)c1ccc(OCc2ccccc2)c(OCc2ccccc2)c1. The molecule has 4 aromatic rings. The lowest BCUT2D eigenvalue weighted by Crippen LogP contribution is -2.46. The molecule has 2 atom stereocenters. The van der Waals surface area contributed by atoms with Crippen LogP contribution in [0.3, 0.4) is 0 Å². The first-order valence-corrected chi connectivity index (χ1v) is 13.8. The summed E-state index contributed by atoms with van der Waals surface area (Å²) in [6.45, 7) is 5.90. The molecule has 0 aromatic heterocycles. The molecule has 8 nitrogen and oxygen atoms in total. The standard InChI is InChI=1S/C35H35NO7/c1-25(2)21-42-34(38)32(36-35(39)43-24-28-16-10-5-11-17-28)33(37)29-18-19-30(40-22-26-12-6-3-7-13-26)31(20-29)41-23-27-14-8-4-9-15-27/h3-20,32-33,37H,1,21-24H2,2H3,(H,36,39)/t32-,33?/m0/s1. The second kappa shape index (κ2) is 15.8. The monoisotopic (exact) mass is 581 g/mol. The van der Waals surface area contributed by atoms with Crippen molar-refractivity contribution in [2.24, 2.45) is 0 Å². The van der Waals surface area contributed by atoms with Gasteiger partial charge in [-0.15, -0.1) is 0 Å². The Kier molecular flexibility index (Phi) is 11.3. The van der Waals surface area contributed by atoms with Crippen molar-refractivity contribution in [2.75, 3.05) is 6.61 Å². The van der Waals surface area contributed by atoms with Gasteiger partial charge < -0.3 is 29.4 Å². The Bertz CT molecular complexity index is 1480. The van der Waals surface area contributed by atoms with Gasteiger partial charge in [-0.25, -0.2) is 9.59 Å². The van der Waals surface area contributed by atoms with Crippen LogP contribution in [0.5, 0.6) is 11.5 Å². The van der Waals surface area contributed by atoms with Crippen LogP contribution in [0.1, 0.15) is 35.3 Å². The highest BCUT2D eigenvalue weighted by Crippen LogP contribution is 2.33. The Labute approximate surface area is 251 Å². The second-order valence-corrected chi connectivity index (χ2v) is 9.95. The number of aliphatic hydroxyl groups excluding tert-OH is 1. The van der Waals surface area contributed by atoms with Crippen LogP contribution in [0.2, 0.25) is 0 Å². The number of carbonyl (C=O) groups excluding carboxylic acids is 2. The largest absolute Gasteiger partial charge is 0.485 e. The molecule has 4 rings (SSSR count). The Balaban J connectivity index is 1.55. The van der Waals surface area contributed by atoms with Gasteiger partial charge in [-0.1, -0.05) is 104 Å². The van der Waals surface area contributed by atoms with Gasteiger partial charge in [-0.05, 0) is 46.9 Å². The molecule has 1 amide bonds. The highest BCUT2D eigenvalue weighted by atomic mass is 16.6. The highest BCUT2D eigenvalue weighted by molar-refractivity contribution is 5.82. The zero-order valence-corrected chi connectivity index (χ0v) is 24.0. The summed E-state index contributed by atoms with van der Waals surface area (Å²) in [6.07, 6.45) is -2.38. The molecule has 0 radical (unpaired) electrons. The number of aliphatic hydroxyl groups is 1. The van der Waals surface area contributed by atoms with Gasteiger partial charge in [0.15, 0.2) is 17.5 Å². The fourth-order valence-electron chi connectivity index (χ4n) is 4.05. The van der Waals surface area contributed by atoms with Gasteiger partial charge in [0, 0.05) is 0 Å². The van der Waals surface area contributed by atoms with E-state index in [1.54, 1.807) is 37.3 Å². The molecule has 0 fully saturated rings. The van der Waals surface area contributed by atoms with Crippen molar-refractivity contribution >= 4 is 12.1 Å². The lowest BCUT2D eigenvalue weighted by molar-refractivity contribution is -0.148. The summed E-state index contributed by atoms with van der Waals surface area (Å²) >= 11 is 0. The molecule has 8 heteroatoms. The van der Waals surface area contributed by atoms with Crippen molar-refractivity contribution in [3.8, 4) is 11.5 Å². The summed E-state index contributed by atoms with van der Waals surface area (Å²) in [7, 11) is 0. The first kappa shape index (κ1) is 30.9. The van der Waals surface area contributed by atoms with E-state index in [0.29, 0.717) is 29.2 Å². The quantitative estimate of drug-likeness (QED) is 0.133. The van der Waals surface area contributed by atoms with Crippen LogP contribution in [-0.2, 0) is 34.1 Å². The molecule has 0 saturated heterocycles. The van der Waals surface area contributed by atoms with E-state index in [-0.39, 0.29) is 19.8 Å². The maximum atomic E-state index is 13.0. The first-order valence-electron chi connectivity index (χ1n) is 13.8. The van der Waals surface area contributed by atoms with Gasteiger partial charge >= 0.3 is 12.1 Å². The van der Waals surface area contributed by atoms with E-state index < -0.39 is 24.2 Å². The Morgan fingerprint density at radius 1 is 0.721 bits per heavy atom. The molecule has 2 N–H and O–H groups in total. The van der Waals surface area contributed by atoms with Crippen LogP contribution < -0.4 is 14.8 Å². The van der Waals surface area contributed by atoms with Gasteiger partial charge in [0.2, 0.25) is 0 Å². The topological polar surface area (TPSA) is 103 Å². The van der Waals surface area contributed by atoms with E-state index in [1.807, 2.05) is 78.9 Å². The van der Waals surface area contributed by atoms with Gasteiger partial charge in [-0.2, -0.15) is 0 Å². The summed E-state index contributed by atoms with van der Waals surface area (Å²) in [5.41, 5.74) is 3.58. The molecular weight excluding hydrogens is 546 g/mol. The van der Waals surface area contributed by atoms with Crippen LogP contribution in [0, 0.1) is 0 Å². The van der Waals surface area contributed by atoms with Gasteiger partial charge in [0.05, 0.1) is 0 Å². The molecule has 4 aromatic carbocycles. The third-order valence-corrected chi connectivity index (χ3v) is 6.30. The molecule has 0 heterocycles.